The molecule has 0 aromatic heterocycles. The Morgan fingerprint density at radius 2 is 2.27 bits per heavy atom. The van der Waals surface area contributed by atoms with E-state index in [0.717, 1.165) is 32.6 Å². The van der Waals surface area contributed by atoms with Crippen molar-refractivity contribution in [1.29, 1.82) is 0 Å². The van der Waals surface area contributed by atoms with E-state index in [1.807, 2.05) is 0 Å². The lowest BCUT2D eigenvalue weighted by Crippen LogP contribution is -2.54. The van der Waals surface area contributed by atoms with E-state index in [1.54, 1.807) is 0 Å². The molecule has 2 fully saturated rings. The van der Waals surface area contributed by atoms with Crippen molar-refractivity contribution in [3.63, 3.8) is 0 Å². The summed E-state index contributed by atoms with van der Waals surface area (Å²) in [5.41, 5.74) is -0.0808. The Kier molecular flexibility index (Phi) is 2.86. The van der Waals surface area contributed by atoms with Gasteiger partial charge in [0.1, 0.15) is 5.78 Å². The van der Waals surface area contributed by atoms with Crippen LogP contribution < -0.4 is 5.32 Å². The minimum Gasteiger partial charge on any atom is -0.315 e. The first kappa shape index (κ1) is 11.1. The van der Waals surface area contributed by atoms with E-state index >= 15 is 0 Å². The fraction of sp³-hybridized carbons (Fsp3) is 0.917. The number of carbonyl (C=O) groups is 1. The number of nitrogens with one attached hydrogen (secondary N) is 1. The number of rotatable bonds is 1. The standard InChI is InChI=1S/C12H22N2O/c1-9(2)14-5-4-11(15)12(8-14)7-13-6-10(12)3/h9-10,13H,4-8H2,1-3H3. The molecule has 1 spiro atoms. The first-order valence-corrected chi connectivity index (χ1v) is 6.04. The molecule has 3 nitrogen and oxygen atoms in total. The van der Waals surface area contributed by atoms with Gasteiger partial charge in [0.05, 0.1) is 5.41 Å². The van der Waals surface area contributed by atoms with Crippen molar-refractivity contribution in [2.24, 2.45) is 11.3 Å². The highest BCUT2D eigenvalue weighted by Crippen LogP contribution is 2.37. The Balaban J connectivity index is 2.18. The maximum atomic E-state index is 12.1. The predicted octanol–water partition coefficient (Wildman–Crippen LogP) is 0.895. The lowest BCUT2D eigenvalue weighted by Gasteiger charge is -2.43. The highest BCUT2D eigenvalue weighted by molar-refractivity contribution is 5.87. The van der Waals surface area contributed by atoms with Crippen molar-refractivity contribution >= 4 is 5.78 Å². The van der Waals surface area contributed by atoms with Crippen LogP contribution in [-0.4, -0.2) is 42.9 Å². The molecule has 3 heteroatoms. The zero-order valence-corrected chi connectivity index (χ0v) is 10.0. The maximum Gasteiger partial charge on any atom is 0.143 e. The third-order valence-electron chi connectivity index (χ3n) is 4.23. The number of piperidine rings is 1. The van der Waals surface area contributed by atoms with Crippen LogP contribution in [0.3, 0.4) is 0 Å². The van der Waals surface area contributed by atoms with Gasteiger partial charge in [-0.3, -0.25) is 9.69 Å². The molecule has 0 bridgehead atoms. The molecule has 2 aliphatic rings. The summed E-state index contributed by atoms with van der Waals surface area (Å²) in [6.45, 7) is 10.4. The summed E-state index contributed by atoms with van der Waals surface area (Å²) in [4.78, 5) is 14.6. The molecule has 0 aromatic rings. The van der Waals surface area contributed by atoms with Gasteiger partial charge in [0, 0.05) is 32.1 Å². The molecular weight excluding hydrogens is 188 g/mol. The molecule has 0 radical (unpaired) electrons. The van der Waals surface area contributed by atoms with Crippen molar-refractivity contribution in [2.75, 3.05) is 26.2 Å². The van der Waals surface area contributed by atoms with E-state index in [2.05, 4.69) is 31.0 Å². The first-order valence-electron chi connectivity index (χ1n) is 6.04. The average molecular weight is 210 g/mol. The second-order valence-corrected chi connectivity index (χ2v) is 5.43. The van der Waals surface area contributed by atoms with Crippen LogP contribution in [0.1, 0.15) is 27.2 Å². The van der Waals surface area contributed by atoms with Crippen molar-refractivity contribution in [3.05, 3.63) is 0 Å². The molecule has 1 N–H and O–H groups in total. The smallest absolute Gasteiger partial charge is 0.143 e. The lowest BCUT2D eigenvalue weighted by atomic mass is 9.71. The van der Waals surface area contributed by atoms with Crippen LogP contribution in [0, 0.1) is 11.3 Å². The summed E-state index contributed by atoms with van der Waals surface area (Å²) >= 11 is 0. The average Bonchev–Trinajstić information content (AvgIpc) is 2.54. The van der Waals surface area contributed by atoms with E-state index < -0.39 is 0 Å². The molecule has 0 aromatic carbocycles. The zero-order valence-electron chi connectivity index (χ0n) is 10.0. The molecule has 2 rings (SSSR count). The van der Waals surface area contributed by atoms with E-state index in [1.165, 1.54) is 0 Å². The van der Waals surface area contributed by atoms with E-state index in [9.17, 15) is 4.79 Å². The van der Waals surface area contributed by atoms with Crippen molar-refractivity contribution in [1.82, 2.24) is 10.2 Å². The third kappa shape index (κ3) is 1.72. The van der Waals surface area contributed by atoms with Gasteiger partial charge in [0.15, 0.2) is 0 Å². The normalized spacial score (nSPS) is 38.1. The Bertz CT molecular complexity index is 264. The van der Waals surface area contributed by atoms with E-state index in [0.29, 0.717) is 17.7 Å². The Morgan fingerprint density at radius 3 is 2.80 bits per heavy atom. The Hall–Kier alpha value is -0.410. The minimum atomic E-state index is -0.0808. The summed E-state index contributed by atoms with van der Waals surface area (Å²) in [5.74, 6) is 0.975. The van der Waals surface area contributed by atoms with Gasteiger partial charge in [0.2, 0.25) is 0 Å². The molecule has 2 atom stereocenters. The molecule has 86 valence electrons. The highest BCUT2D eigenvalue weighted by atomic mass is 16.1. The van der Waals surface area contributed by atoms with Gasteiger partial charge in [-0.25, -0.2) is 0 Å². The van der Waals surface area contributed by atoms with E-state index in [4.69, 9.17) is 0 Å². The van der Waals surface area contributed by atoms with Crippen LogP contribution in [0.15, 0.2) is 0 Å². The first-order chi connectivity index (χ1) is 7.06. The summed E-state index contributed by atoms with van der Waals surface area (Å²) in [6, 6.07) is 0.558. The molecule has 0 amide bonds. The van der Waals surface area contributed by atoms with Crippen molar-refractivity contribution < 1.29 is 4.79 Å². The van der Waals surface area contributed by atoms with Crippen LogP contribution in [-0.2, 0) is 4.79 Å². The summed E-state index contributed by atoms with van der Waals surface area (Å²) < 4.78 is 0. The van der Waals surface area contributed by atoms with Crippen molar-refractivity contribution in [3.8, 4) is 0 Å². The minimum absolute atomic E-state index is 0.0808. The van der Waals surface area contributed by atoms with Gasteiger partial charge in [-0.2, -0.15) is 0 Å². The Morgan fingerprint density at radius 1 is 1.53 bits per heavy atom. The largest absolute Gasteiger partial charge is 0.315 e. The van der Waals surface area contributed by atoms with E-state index in [-0.39, 0.29) is 5.41 Å². The molecule has 2 aliphatic heterocycles. The molecule has 2 heterocycles. The number of nitrogens with zero attached hydrogens (tertiary/aromatic N) is 1. The van der Waals surface area contributed by atoms with Crippen LogP contribution in [0.2, 0.25) is 0 Å². The van der Waals surface area contributed by atoms with Gasteiger partial charge >= 0.3 is 0 Å². The lowest BCUT2D eigenvalue weighted by molar-refractivity contribution is -0.135. The van der Waals surface area contributed by atoms with Gasteiger partial charge < -0.3 is 5.32 Å². The fourth-order valence-corrected chi connectivity index (χ4v) is 2.93. The molecular formula is C12H22N2O. The number of ketones is 1. The molecule has 0 aliphatic carbocycles. The summed E-state index contributed by atoms with van der Waals surface area (Å²) in [5, 5.41) is 3.37. The number of hydrogen-bond acceptors (Lipinski definition) is 3. The zero-order chi connectivity index (χ0) is 11.1. The fourth-order valence-electron chi connectivity index (χ4n) is 2.93. The molecule has 2 saturated heterocycles. The topological polar surface area (TPSA) is 32.3 Å². The highest BCUT2D eigenvalue weighted by Gasteiger charge is 2.49. The predicted molar refractivity (Wildman–Crippen MR) is 60.8 cm³/mol. The number of Topliss-reactive ketones (excluding diaryl/α,β-unsaturated/α-hetero) is 1. The van der Waals surface area contributed by atoms with Gasteiger partial charge in [-0.15, -0.1) is 0 Å². The Labute approximate surface area is 92.2 Å². The van der Waals surface area contributed by atoms with Crippen LogP contribution in [0.25, 0.3) is 0 Å². The van der Waals surface area contributed by atoms with Crippen molar-refractivity contribution in [2.45, 2.75) is 33.2 Å². The van der Waals surface area contributed by atoms with Crippen LogP contribution in [0.4, 0.5) is 0 Å². The summed E-state index contributed by atoms with van der Waals surface area (Å²) in [7, 11) is 0. The SMILES string of the molecule is CC(C)N1CCC(=O)C2(CNCC2C)C1. The number of carbonyl (C=O) groups excluding carboxylic acids is 1. The van der Waals surface area contributed by atoms with Crippen LogP contribution >= 0.6 is 0 Å². The molecule has 0 saturated carbocycles. The third-order valence-corrected chi connectivity index (χ3v) is 4.23. The van der Waals surface area contributed by atoms with Gasteiger partial charge in [0.25, 0.3) is 0 Å². The molecule has 2 unspecified atom stereocenters. The van der Waals surface area contributed by atoms with Crippen LogP contribution in [0.5, 0.6) is 0 Å². The second kappa shape index (κ2) is 3.87. The molecule has 15 heavy (non-hydrogen) atoms. The van der Waals surface area contributed by atoms with Gasteiger partial charge in [-0.1, -0.05) is 6.92 Å². The number of hydrogen-bond donors (Lipinski definition) is 1. The maximum absolute atomic E-state index is 12.1. The number of likely N-dealkylation sites (tertiary alicyclic amines) is 1. The monoisotopic (exact) mass is 210 g/mol. The summed E-state index contributed by atoms with van der Waals surface area (Å²) in [6.07, 6.45) is 0.740. The quantitative estimate of drug-likeness (QED) is 0.698. The second-order valence-electron chi connectivity index (χ2n) is 5.43. The van der Waals surface area contributed by atoms with Gasteiger partial charge in [-0.05, 0) is 26.3 Å².